The Kier molecular flexibility index (Phi) is 4.21. The molecule has 0 fully saturated rings. The van der Waals surface area contributed by atoms with Crippen molar-refractivity contribution in [2.75, 3.05) is 5.32 Å². The van der Waals surface area contributed by atoms with Gasteiger partial charge in [-0.15, -0.1) is 0 Å². The van der Waals surface area contributed by atoms with Gasteiger partial charge in [-0.05, 0) is 24.3 Å². The van der Waals surface area contributed by atoms with Crippen LogP contribution >= 0.6 is 11.6 Å². The smallest absolute Gasteiger partial charge is 0.354 e. The summed E-state index contributed by atoms with van der Waals surface area (Å²) in [7, 11) is 1.71. The Hall–Kier alpha value is -3.45. The Morgan fingerprint density at radius 2 is 1.89 bits per heavy atom. The predicted octanol–water partition coefficient (Wildman–Crippen LogP) is 4.13. The number of hydrogen-bond acceptors (Lipinski definition) is 5. The number of nitrogens with zero attached hydrogens (tertiary/aromatic N) is 4. The molecular weight excluding hydrogens is 366 g/mol. The molecule has 4 rings (SSSR count). The van der Waals surface area contributed by atoms with Crippen molar-refractivity contribution in [2.24, 2.45) is 7.05 Å². The molecule has 27 heavy (non-hydrogen) atoms. The largest absolute Gasteiger partial charge is 0.477 e. The number of hydrogen-bond donors (Lipinski definition) is 2. The van der Waals surface area contributed by atoms with Crippen LogP contribution in [-0.2, 0) is 7.05 Å². The maximum absolute atomic E-state index is 11.8. The molecule has 0 unspecified atom stereocenters. The lowest BCUT2D eigenvalue weighted by atomic mass is 10.2. The molecule has 0 spiro atoms. The number of aryl methyl sites for hydroxylation is 1. The molecule has 0 radical (unpaired) electrons. The standard InChI is InChI=1S/C19H14ClN5O2/c1-25-15-5-3-2-4-12(15)16(17(25)18(26)27)24-19-22-9-7-13(23-19)14-10-11(20)6-8-21-14/h2-10H,1H3,(H,26,27)(H,22,23,24). The lowest BCUT2D eigenvalue weighted by Crippen LogP contribution is -2.08. The second-order valence-electron chi connectivity index (χ2n) is 5.85. The number of nitrogens with one attached hydrogen (secondary N) is 1. The van der Waals surface area contributed by atoms with Crippen LogP contribution in [0.3, 0.4) is 0 Å². The third-order valence-electron chi connectivity index (χ3n) is 4.19. The molecule has 3 aromatic heterocycles. The fourth-order valence-electron chi connectivity index (χ4n) is 2.99. The molecule has 134 valence electrons. The maximum Gasteiger partial charge on any atom is 0.354 e. The SMILES string of the molecule is Cn1c(C(=O)O)c(Nc2nccc(-c3cc(Cl)ccn3)n2)c2ccccc21. The van der Waals surface area contributed by atoms with Crippen molar-refractivity contribution in [1.29, 1.82) is 0 Å². The first-order valence-electron chi connectivity index (χ1n) is 8.07. The summed E-state index contributed by atoms with van der Waals surface area (Å²) in [6.45, 7) is 0. The first-order valence-corrected chi connectivity index (χ1v) is 8.45. The summed E-state index contributed by atoms with van der Waals surface area (Å²) in [5.74, 6) is -0.767. The van der Waals surface area contributed by atoms with Crippen LogP contribution in [0.1, 0.15) is 10.5 Å². The molecular formula is C19H14ClN5O2. The lowest BCUT2D eigenvalue weighted by molar-refractivity contribution is 0.0688. The minimum Gasteiger partial charge on any atom is -0.477 e. The predicted molar refractivity (Wildman–Crippen MR) is 103 cm³/mol. The van der Waals surface area contributed by atoms with E-state index in [2.05, 4.69) is 20.3 Å². The Balaban J connectivity index is 1.80. The highest BCUT2D eigenvalue weighted by atomic mass is 35.5. The summed E-state index contributed by atoms with van der Waals surface area (Å²) in [4.78, 5) is 24.7. The Morgan fingerprint density at radius 1 is 1.11 bits per heavy atom. The number of carboxylic acid groups (broad SMARTS) is 1. The molecule has 0 amide bonds. The van der Waals surface area contributed by atoms with E-state index in [-0.39, 0.29) is 11.6 Å². The van der Waals surface area contributed by atoms with Crippen LogP contribution in [0.2, 0.25) is 5.02 Å². The summed E-state index contributed by atoms with van der Waals surface area (Å²) in [5.41, 5.74) is 2.55. The highest BCUT2D eigenvalue weighted by molar-refractivity contribution is 6.30. The molecule has 0 aliphatic rings. The average Bonchev–Trinajstić information content (AvgIpc) is 2.94. The zero-order chi connectivity index (χ0) is 19.0. The van der Waals surface area contributed by atoms with E-state index in [1.807, 2.05) is 24.3 Å². The second-order valence-corrected chi connectivity index (χ2v) is 6.29. The van der Waals surface area contributed by atoms with E-state index in [0.29, 0.717) is 22.1 Å². The number of aromatic carboxylic acids is 1. The number of halogens is 1. The van der Waals surface area contributed by atoms with E-state index in [9.17, 15) is 9.90 Å². The van der Waals surface area contributed by atoms with Crippen molar-refractivity contribution in [3.8, 4) is 11.4 Å². The van der Waals surface area contributed by atoms with Gasteiger partial charge in [0.05, 0.1) is 22.6 Å². The molecule has 0 bridgehead atoms. The van der Waals surface area contributed by atoms with Crippen LogP contribution in [0.25, 0.3) is 22.3 Å². The normalized spacial score (nSPS) is 10.9. The summed E-state index contributed by atoms with van der Waals surface area (Å²) in [5, 5.41) is 14.0. The number of aromatic nitrogens is 4. The van der Waals surface area contributed by atoms with E-state index in [1.165, 1.54) is 0 Å². The fourth-order valence-corrected chi connectivity index (χ4v) is 3.15. The minimum atomic E-state index is -1.04. The van der Waals surface area contributed by atoms with Crippen molar-refractivity contribution < 1.29 is 9.90 Å². The molecule has 0 saturated heterocycles. The van der Waals surface area contributed by atoms with E-state index in [4.69, 9.17) is 11.6 Å². The van der Waals surface area contributed by atoms with Crippen molar-refractivity contribution in [2.45, 2.75) is 0 Å². The number of carboxylic acids is 1. The zero-order valence-electron chi connectivity index (χ0n) is 14.2. The highest BCUT2D eigenvalue weighted by Crippen LogP contribution is 2.32. The summed E-state index contributed by atoms with van der Waals surface area (Å²) in [6.07, 6.45) is 3.18. The molecule has 3 heterocycles. The van der Waals surface area contributed by atoms with Gasteiger partial charge < -0.3 is 15.0 Å². The van der Waals surface area contributed by atoms with E-state index in [0.717, 1.165) is 10.9 Å². The third kappa shape index (κ3) is 3.09. The van der Waals surface area contributed by atoms with Crippen LogP contribution in [0.4, 0.5) is 11.6 Å². The third-order valence-corrected chi connectivity index (χ3v) is 4.42. The Morgan fingerprint density at radius 3 is 2.67 bits per heavy atom. The summed E-state index contributed by atoms with van der Waals surface area (Å²) in [6, 6.07) is 12.5. The van der Waals surface area contributed by atoms with Gasteiger partial charge in [0.25, 0.3) is 0 Å². The van der Waals surface area contributed by atoms with Crippen molar-refractivity contribution in [3.05, 3.63) is 65.6 Å². The van der Waals surface area contributed by atoms with E-state index < -0.39 is 5.97 Å². The van der Waals surface area contributed by atoms with Crippen molar-refractivity contribution in [3.63, 3.8) is 0 Å². The Bertz CT molecular complexity index is 1170. The van der Waals surface area contributed by atoms with E-state index >= 15 is 0 Å². The number of rotatable bonds is 4. The number of carbonyl (C=O) groups is 1. The van der Waals surface area contributed by atoms with Crippen LogP contribution < -0.4 is 5.32 Å². The molecule has 2 N–H and O–H groups in total. The zero-order valence-corrected chi connectivity index (χ0v) is 15.0. The summed E-state index contributed by atoms with van der Waals surface area (Å²) < 4.78 is 1.63. The minimum absolute atomic E-state index is 0.131. The molecule has 4 aromatic rings. The van der Waals surface area contributed by atoms with Gasteiger partial charge in [-0.2, -0.15) is 0 Å². The monoisotopic (exact) mass is 379 g/mol. The first kappa shape index (κ1) is 17.0. The van der Waals surface area contributed by atoms with Gasteiger partial charge >= 0.3 is 5.97 Å². The van der Waals surface area contributed by atoms with Crippen molar-refractivity contribution in [1.82, 2.24) is 19.5 Å². The van der Waals surface area contributed by atoms with Crippen LogP contribution in [0.15, 0.2) is 54.9 Å². The Labute approximate surface area is 159 Å². The quantitative estimate of drug-likeness (QED) is 0.554. The average molecular weight is 380 g/mol. The molecule has 0 atom stereocenters. The van der Waals surface area contributed by atoms with Gasteiger partial charge in [0.2, 0.25) is 5.95 Å². The van der Waals surface area contributed by atoms with Gasteiger partial charge in [-0.25, -0.2) is 14.8 Å². The first-order chi connectivity index (χ1) is 13.0. The number of para-hydroxylation sites is 1. The number of pyridine rings is 1. The van der Waals surface area contributed by atoms with E-state index in [1.54, 1.807) is 42.2 Å². The maximum atomic E-state index is 11.8. The molecule has 0 aliphatic heterocycles. The van der Waals surface area contributed by atoms with Gasteiger partial charge in [0, 0.05) is 29.9 Å². The molecule has 1 aromatic carbocycles. The summed E-state index contributed by atoms with van der Waals surface area (Å²) >= 11 is 6.02. The van der Waals surface area contributed by atoms with Gasteiger partial charge in [-0.3, -0.25) is 4.98 Å². The number of anilines is 2. The molecule has 0 saturated carbocycles. The number of benzene rings is 1. The molecule has 7 nitrogen and oxygen atoms in total. The van der Waals surface area contributed by atoms with Crippen LogP contribution in [0.5, 0.6) is 0 Å². The van der Waals surface area contributed by atoms with Gasteiger partial charge in [0.1, 0.15) is 0 Å². The van der Waals surface area contributed by atoms with Gasteiger partial charge in [-0.1, -0.05) is 29.8 Å². The van der Waals surface area contributed by atoms with Gasteiger partial charge in [0.15, 0.2) is 5.69 Å². The van der Waals surface area contributed by atoms with Crippen LogP contribution in [-0.4, -0.2) is 30.6 Å². The topological polar surface area (TPSA) is 92.9 Å². The molecule has 0 aliphatic carbocycles. The lowest BCUT2D eigenvalue weighted by Gasteiger charge is -2.07. The molecule has 8 heteroatoms. The highest BCUT2D eigenvalue weighted by Gasteiger charge is 2.21. The number of fused-ring (bicyclic) bond motifs is 1. The van der Waals surface area contributed by atoms with Crippen LogP contribution in [0, 0.1) is 0 Å². The van der Waals surface area contributed by atoms with Crippen molar-refractivity contribution >= 4 is 40.1 Å². The second kappa shape index (κ2) is 6.69. The fraction of sp³-hybridized carbons (Fsp3) is 0.0526.